The molecule has 0 fully saturated rings. The highest BCUT2D eigenvalue weighted by Crippen LogP contribution is 2.35. The van der Waals surface area contributed by atoms with Gasteiger partial charge in [-0.1, -0.05) is 25.6 Å². The van der Waals surface area contributed by atoms with E-state index in [0.29, 0.717) is 17.6 Å². The molecule has 0 heterocycles. The lowest BCUT2D eigenvalue weighted by atomic mass is 9.87. The Balaban J connectivity index is 2.41. The predicted octanol–water partition coefficient (Wildman–Crippen LogP) is 3.18. The molecule has 1 aliphatic carbocycles. The zero-order valence-electron chi connectivity index (χ0n) is 13.2. The lowest BCUT2D eigenvalue weighted by Gasteiger charge is -2.26. The van der Waals surface area contributed by atoms with E-state index in [2.05, 4.69) is 11.9 Å². The Morgan fingerprint density at radius 3 is 2.65 bits per heavy atom. The van der Waals surface area contributed by atoms with Crippen LogP contribution in [0.5, 0.6) is 0 Å². The highest BCUT2D eigenvalue weighted by Gasteiger charge is 2.30. The molecule has 2 rings (SSSR count). The van der Waals surface area contributed by atoms with Crippen molar-refractivity contribution in [2.24, 2.45) is 5.92 Å². The Hall–Kier alpha value is -1.95. The highest BCUT2D eigenvalue weighted by atomic mass is 32.2. The van der Waals surface area contributed by atoms with Gasteiger partial charge >= 0.3 is 0 Å². The van der Waals surface area contributed by atoms with Gasteiger partial charge in [-0.05, 0) is 48.1 Å². The highest BCUT2D eigenvalue weighted by molar-refractivity contribution is 7.91. The minimum Gasteiger partial charge on any atom is -0.320 e. The Morgan fingerprint density at radius 2 is 2.09 bits per heavy atom. The van der Waals surface area contributed by atoms with Crippen molar-refractivity contribution < 1.29 is 17.6 Å². The van der Waals surface area contributed by atoms with Gasteiger partial charge in [-0.15, -0.1) is 0 Å². The second-order valence-electron chi connectivity index (χ2n) is 5.88. The Morgan fingerprint density at radius 1 is 1.39 bits per heavy atom. The third-order valence-electron chi connectivity index (χ3n) is 3.96. The van der Waals surface area contributed by atoms with Gasteiger partial charge in [0.1, 0.15) is 5.82 Å². The van der Waals surface area contributed by atoms with Crippen LogP contribution in [0.3, 0.4) is 0 Å². The molecule has 0 bridgehead atoms. The number of allylic oxidation sites excluding steroid dienone is 1. The first kappa shape index (κ1) is 17.4. The molecule has 0 saturated carbocycles. The molecule has 23 heavy (non-hydrogen) atoms. The quantitative estimate of drug-likeness (QED) is 0.858. The van der Waals surface area contributed by atoms with E-state index in [0.717, 1.165) is 12.5 Å². The van der Waals surface area contributed by atoms with Gasteiger partial charge in [0, 0.05) is 6.26 Å². The number of sulfone groups is 1. The van der Waals surface area contributed by atoms with Crippen molar-refractivity contribution in [3.63, 3.8) is 0 Å². The zero-order valence-corrected chi connectivity index (χ0v) is 14.0. The van der Waals surface area contributed by atoms with Crippen molar-refractivity contribution in [3.05, 3.63) is 48.3 Å². The number of hydrogen-bond acceptors (Lipinski definition) is 3. The van der Waals surface area contributed by atoms with Crippen LogP contribution in [-0.4, -0.2) is 25.8 Å². The van der Waals surface area contributed by atoms with Crippen molar-refractivity contribution in [2.75, 3.05) is 11.6 Å². The number of nitrogens with one attached hydrogen (secondary N) is 1. The van der Waals surface area contributed by atoms with E-state index < -0.39 is 26.8 Å². The Bertz CT molecular complexity index is 768. The van der Waals surface area contributed by atoms with Crippen molar-refractivity contribution in [1.82, 2.24) is 0 Å². The number of benzene rings is 1. The molecule has 4 nitrogen and oxygen atoms in total. The smallest absolute Gasteiger partial charge is 0.247 e. The maximum atomic E-state index is 14.2. The number of carbonyl (C=O) groups is 1. The van der Waals surface area contributed by atoms with E-state index in [-0.39, 0.29) is 11.6 Å². The fraction of sp³-hybridized carbons (Fsp3) is 0.353. The van der Waals surface area contributed by atoms with E-state index in [1.807, 2.05) is 13.0 Å². The van der Waals surface area contributed by atoms with Gasteiger partial charge in [0.15, 0.2) is 9.84 Å². The summed E-state index contributed by atoms with van der Waals surface area (Å²) < 4.78 is 38.2. The third kappa shape index (κ3) is 4.07. The van der Waals surface area contributed by atoms with Gasteiger partial charge in [-0.3, -0.25) is 4.79 Å². The molecule has 2 atom stereocenters. The average molecular weight is 337 g/mol. The lowest BCUT2D eigenvalue weighted by molar-refractivity contribution is -0.111. The summed E-state index contributed by atoms with van der Waals surface area (Å²) in [6.07, 6.45) is 5.47. The van der Waals surface area contributed by atoms with E-state index in [1.165, 1.54) is 18.4 Å². The van der Waals surface area contributed by atoms with Crippen LogP contribution in [-0.2, 0) is 14.6 Å². The molecule has 6 heteroatoms. The van der Waals surface area contributed by atoms with Gasteiger partial charge in [-0.2, -0.15) is 0 Å². The summed E-state index contributed by atoms with van der Waals surface area (Å²) in [5.41, 5.74) is 1.20. The molecule has 0 aliphatic heterocycles. The molecule has 0 aromatic heterocycles. The van der Waals surface area contributed by atoms with Crippen LogP contribution in [0.2, 0.25) is 0 Å². The molecule has 1 aromatic rings. The van der Waals surface area contributed by atoms with Gasteiger partial charge < -0.3 is 5.32 Å². The van der Waals surface area contributed by atoms with Crippen LogP contribution >= 0.6 is 0 Å². The van der Waals surface area contributed by atoms with Gasteiger partial charge in [0.25, 0.3) is 0 Å². The van der Waals surface area contributed by atoms with Gasteiger partial charge in [-0.25, -0.2) is 12.8 Å². The van der Waals surface area contributed by atoms with Crippen molar-refractivity contribution in [3.8, 4) is 0 Å². The lowest BCUT2D eigenvalue weighted by Crippen LogP contribution is -2.26. The fourth-order valence-corrected chi connectivity index (χ4v) is 4.01. The number of hydrogen-bond donors (Lipinski definition) is 1. The molecule has 0 radical (unpaired) electrons. The van der Waals surface area contributed by atoms with Crippen molar-refractivity contribution >= 4 is 27.0 Å². The molecule has 1 aromatic carbocycles. The summed E-state index contributed by atoms with van der Waals surface area (Å²) >= 11 is 0. The van der Waals surface area contributed by atoms with Crippen LogP contribution < -0.4 is 5.32 Å². The third-order valence-corrected chi connectivity index (χ3v) is 5.48. The second kappa shape index (κ2) is 6.66. The number of rotatable bonds is 4. The van der Waals surface area contributed by atoms with Gasteiger partial charge in [0.05, 0.1) is 10.9 Å². The minimum absolute atomic E-state index is 0.0408. The molecule has 0 saturated heterocycles. The number of halogens is 1. The largest absolute Gasteiger partial charge is 0.320 e. The van der Waals surface area contributed by atoms with E-state index >= 15 is 0 Å². The summed E-state index contributed by atoms with van der Waals surface area (Å²) in [6.45, 7) is 5.32. The number of carbonyl (C=O) groups excluding carboxylic acids is 1. The van der Waals surface area contributed by atoms with E-state index in [4.69, 9.17) is 0 Å². The average Bonchev–Trinajstić information content (AvgIpc) is 2.47. The Labute approximate surface area is 136 Å². The molecule has 1 amide bonds. The maximum absolute atomic E-state index is 14.2. The van der Waals surface area contributed by atoms with Crippen LogP contribution in [0.4, 0.5) is 10.1 Å². The summed E-state index contributed by atoms with van der Waals surface area (Å²) in [5, 5.41) is 1.75. The predicted molar refractivity (Wildman–Crippen MR) is 90.2 cm³/mol. The Kier molecular flexibility index (Phi) is 5.04. The first-order valence-corrected chi connectivity index (χ1v) is 9.31. The summed E-state index contributed by atoms with van der Waals surface area (Å²) in [6, 6.07) is 4.33. The van der Waals surface area contributed by atoms with Crippen molar-refractivity contribution in [1.29, 1.82) is 0 Å². The SMILES string of the molecule is C=CC(=O)Nc1ccc(C2=CC(C)CCC2S(C)(=O)=O)cc1F. The molecular formula is C17H20FNO3S. The molecular weight excluding hydrogens is 317 g/mol. The van der Waals surface area contributed by atoms with Crippen LogP contribution in [0.1, 0.15) is 25.3 Å². The standard InChI is InChI=1S/C17H20FNO3S/c1-4-17(20)19-15-7-6-12(10-14(15)18)13-9-11(2)5-8-16(13)23(3,21)22/h4,6-7,9-11,16H,1,5,8H2,2-3H3,(H,19,20). The van der Waals surface area contributed by atoms with Gasteiger partial charge in [0.2, 0.25) is 5.91 Å². The van der Waals surface area contributed by atoms with Crippen LogP contribution in [0.25, 0.3) is 5.57 Å². The number of amides is 1. The normalized spacial score (nSPS) is 21.4. The fourth-order valence-electron chi connectivity index (χ4n) is 2.77. The van der Waals surface area contributed by atoms with Crippen LogP contribution in [0.15, 0.2) is 36.9 Å². The molecule has 1 aliphatic rings. The first-order chi connectivity index (χ1) is 10.7. The summed E-state index contributed by atoms with van der Waals surface area (Å²) in [4.78, 5) is 11.3. The number of anilines is 1. The van der Waals surface area contributed by atoms with Crippen molar-refractivity contribution in [2.45, 2.75) is 25.0 Å². The molecule has 0 spiro atoms. The second-order valence-corrected chi connectivity index (χ2v) is 8.11. The first-order valence-electron chi connectivity index (χ1n) is 7.36. The topological polar surface area (TPSA) is 63.2 Å². The molecule has 1 N–H and O–H groups in total. The summed E-state index contributed by atoms with van der Waals surface area (Å²) in [5.74, 6) is -0.869. The van der Waals surface area contributed by atoms with E-state index in [9.17, 15) is 17.6 Å². The van der Waals surface area contributed by atoms with Crippen LogP contribution in [0, 0.1) is 11.7 Å². The minimum atomic E-state index is -3.27. The summed E-state index contributed by atoms with van der Waals surface area (Å²) in [7, 11) is -3.27. The van der Waals surface area contributed by atoms with E-state index in [1.54, 1.807) is 6.07 Å². The zero-order chi connectivity index (χ0) is 17.2. The molecule has 124 valence electrons. The molecule has 2 unspecified atom stereocenters. The maximum Gasteiger partial charge on any atom is 0.247 e. The monoisotopic (exact) mass is 337 g/mol.